The standard InChI is InChI=1S/C9H6N2O5S.Na/c12-9-6(11-13)4-7(17(14,15)16)5-2-1-3-10-8(5)9;/h1-4,12H,(H,14,15,16);. The molecule has 0 unspecified atom stereocenters. The molecule has 1 aromatic heterocycles. The maximum atomic E-state index is 11.1. The number of benzene rings is 1. The van der Waals surface area contributed by atoms with E-state index < -0.39 is 26.5 Å². The third-order valence-electron chi connectivity index (χ3n) is 2.18. The predicted molar refractivity (Wildman–Crippen MR) is 64.4 cm³/mol. The molecule has 0 aliphatic heterocycles. The minimum atomic E-state index is -4.53. The molecule has 2 aromatic rings. The van der Waals surface area contributed by atoms with Gasteiger partial charge in [0.1, 0.15) is 10.4 Å². The molecule has 0 amide bonds. The second-order valence-corrected chi connectivity index (χ2v) is 4.60. The van der Waals surface area contributed by atoms with Gasteiger partial charge >= 0.3 is 0 Å². The van der Waals surface area contributed by atoms with E-state index in [-0.39, 0.29) is 40.5 Å². The zero-order valence-electron chi connectivity index (χ0n) is 9.23. The van der Waals surface area contributed by atoms with Gasteiger partial charge in [-0.1, -0.05) is 0 Å². The van der Waals surface area contributed by atoms with Crippen LogP contribution in [0.5, 0.6) is 5.75 Å². The molecule has 0 aliphatic rings. The van der Waals surface area contributed by atoms with Crippen LogP contribution in [0, 0.1) is 4.91 Å². The van der Waals surface area contributed by atoms with Gasteiger partial charge in [0.15, 0.2) is 11.4 Å². The molecule has 0 saturated carbocycles. The van der Waals surface area contributed by atoms with Crippen molar-refractivity contribution in [3.05, 3.63) is 29.3 Å². The number of nitroso groups, excluding NO2 is 1. The predicted octanol–water partition coefficient (Wildman–Crippen LogP) is 1.20. The molecular weight excluding hydrogens is 271 g/mol. The number of aromatic hydroxyl groups is 1. The summed E-state index contributed by atoms with van der Waals surface area (Å²) >= 11 is 0. The van der Waals surface area contributed by atoms with Crippen molar-refractivity contribution < 1.29 is 18.1 Å². The minimum Gasteiger partial charge on any atom is -0.504 e. The van der Waals surface area contributed by atoms with E-state index in [1.807, 2.05) is 0 Å². The molecule has 0 aliphatic carbocycles. The van der Waals surface area contributed by atoms with Crippen molar-refractivity contribution in [3.63, 3.8) is 0 Å². The Morgan fingerprint density at radius 2 is 2.00 bits per heavy atom. The number of fused-ring (bicyclic) bond motifs is 1. The van der Waals surface area contributed by atoms with Gasteiger partial charge in [-0.05, 0) is 23.4 Å². The largest absolute Gasteiger partial charge is 0.504 e. The molecule has 7 nitrogen and oxygen atoms in total. The maximum absolute atomic E-state index is 11.1. The number of nitrogens with zero attached hydrogens (tertiary/aromatic N) is 2. The van der Waals surface area contributed by atoms with Crippen molar-refractivity contribution in [1.29, 1.82) is 0 Å². The van der Waals surface area contributed by atoms with Crippen LogP contribution in [0.15, 0.2) is 34.5 Å². The number of hydrogen-bond acceptors (Lipinski definition) is 6. The fraction of sp³-hybridized carbons (Fsp3) is 0. The SMILES string of the molecule is O=Nc1cc(S(=O)(=O)O)c2cccnc2c1O.[Na]. The second kappa shape index (κ2) is 5.29. The van der Waals surface area contributed by atoms with E-state index in [1.54, 1.807) is 0 Å². The fourth-order valence-electron chi connectivity index (χ4n) is 1.47. The molecule has 1 radical (unpaired) electrons. The van der Waals surface area contributed by atoms with Crippen molar-refractivity contribution in [3.8, 4) is 5.75 Å². The van der Waals surface area contributed by atoms with Crippen molar-refractivity contribution in [1.82, 2.24) is 4.98 Å². The number of phenols is 1. The summed E-state index contributed by atoms with van der Waals surface area (Å²) in [5.74, 6) is -0.525. The first kappa shape index (κ1) is 15.0. The normalized spacial score (nSPS) is 10.9. The zero-order chi connectivity index (χ0) is 12.6. The van der Waals surface area contributed by atoms with E-state index >= 15 is 0 Å². The van der Waals surface area contributed by atoms with Crippen molar-refractivity contribution in [2.45, 2.75) is 4.90 Å². The number of aromatic nitrogens is 1. The van der Waals surface area contributed by atoms with Crippen LogP contribution in [0.4, 0.5) is 5.69 Å². The summed E-state index contributed by atoms with van der Waals surface area (Å²) < 4.78 is 31.3. The summed E-state index contributed by atoms with van der Waals surface area (Å²) in [6.45, 7) is 0. The van der Waals surface area contributed by atoms with E-state index in [1.165, 1.54) is 18.3 Å². The quantitative estimate of drug-likeness (QED) is 0.484. The summed E-state index contributed by atoms with van der Waals surface area (Å²) in [5, 5.41) is 12.1. The van der Waals surface area contributed by atoms with E-state index in [4.69, 9.17) is 4.55 Å². The van der Waals surface area contributed by atoms with Gasteiger partial charge in [0.25, 0.3) is 10.1 Å². The number of rotatable bonds is 2. The average molecular weight is 277 g/mol. The molecule has 1 heterocycles. The van der Waals surface area contributed by atoms with Gasteiger partial charge in [-0.15, -0.1) is 4.91 Å². The molecule has 0 fully saturated rings. The second-order valence-electron chi connectivity index (χ2n) is 3.21. The Hall–Kier alpha value is -1.06. The van der Waals surface area contributed by atoms with Gasteiger partial charge in [-0.25, -0.2) is 0 Å². The zero-order valence-corrected chi connectivity index (χ0v) is 12.0. The molecule has 0 bridgehead atoms. The van der Waals surface area contributed by atoms with Crippen LogP contribution in [0.2, 0.25) is 0 Å². The van der Waals surface area contributed by atoms with Crippen LogP contribution in [0.3, 0.4) is 0 Å². The topological polar surface area (TPSA) is 117 Å². The van der Waals surface area contributed by atoms with Gasteiger partial charge in [0.2, 0.25) is 0 Å². The molecule has 1 aromatic carbocycles. The molecule has 0 spiro atoms. The van der Waals surface area contributed by atoms with Crippen LogP contribution in [-0.4, -0.2) is 52.6 Å². The molecule has 18 heavy (non-hydrogen) atoms. The Morgan fingerprint density at radius 3 is 2.56 bits per heavy atom. The number of phenolic OH excluding ortho intramolecular Hbond substituents is 1. The van der Waals surface area contributed by atoms with Crippen LogP contribution < -0.4 is 0 Å². The maximum Gasteiger partial charge on any atom is 0.295 e. The molecule has 2 N–H and O–H groups in total. The number of pyridine rings is 1. The van der Waals surface area contributed by atoms with Gasteiger partial charge in [0, 0.05) is 41.1 Å². The van der Waals surface area contributed by atoms with E-state index in [9.17, 15) is 18.4 Å². The van der Waals surface area contributed by atoms with E-state index in [0.717, 1.165) is 6.07 Å². The van der Waals surface area contributed by atoms with Gasteiger partial charge < -0.3 is 5.11 Å². The van der Waals surface area contributed by atoms with Crippen LogP contribution in [0.25, 0.3) is 10.9 Å². The van der Waals surface area contributed by atoms with Gasteiger partial charge in [0.05, 0.1) is 0 Å². The summed E-state index contributed by atoms with van der Waals surface area (Å²) in [6.07, 6.45) is 1.31. The molecule has 0 saturated heterocycles. The third-order valence-corrected chi connectivity index (χ3v) is 3.08. The van der Waals surface area contributed by atoms with Crippen LogP contribution >= 0.6 is 0 Å². The van der Waals surface area contributed by atoms with E-state index in [2.05, 4.69) is 10.2 Å². The Bertz CT molecular complexity index is 716. The Balaban J connectivity index is 0.00000162. The van der Waals surface area contributed by atoms with Crippen LogP contribution in [-0.2, 0) is 10.1 Å². The summed E-state index contributed by atoms with van der Waals surface area (Å²) in [5.41, 5.74) is -0.610. The Kier molecular flexibility index (Phi) is 4.41. The first-order valence-electron chi connectivity index (χ1n) is 4.36. The summed E-state index contributed by atoms with van der Waals surface area (Å²) in [7, 11) is -4.53. The number of hydrogen-bond donors (Lipinski definition) is 2. The van der Waals surface area contributed by atoms with Gasteiger partial charge in [-0.3, -0.25) is 9.54 Å². The first-order chi connectivity index (χ1) is 7.95. The molecule has 9 heteroatoms. The smallest absolute Gasteiger partial charge is 0.295 e. The molecule has 89 valence electrons. The molecular formula is C9H6N2NaO5S. The first-order valence-corrected chi connectivity index (χ1v) is 5.80. The Morgan fingerprint density at radius 1 is 1.33 bits per heavy atom. The third kappa shape index (κ3) is 2.52. The monoisotopic (exact) mass is 277 g/mol. The fourth-order valence-corrected chi connectivity index (χ4v) is 2.17. The Labute approximate surface area is 124 Å². The van der Waals surface area contributed by atoms with Crippen molar-refractivity contribution >= 4 is 56.3 Å². The van der Waals surface area contributed by atoms with Gasteiger partial charge in [-0.2, -0.15) is 8.42 Å². The summed E-state index contributed by atoms with van der Waals surface area (Å²) in [6, 6.07) is 3.58. The van der Waals surface area contributed by atoms with Crippen LogP contribution in [0.1, 0.15) is 0 Å². The molecule has 2 rings (SSSR count). The van der Waals surface area contributed by atoms with Crippen molar-refractivity contribution in [2.24, 2.45) is 5.18 Å². The molecule has 0 atom stereocenters. The summed E-state index contributed by atoms with van der Waals surface area (Å²) in [4.78, 5) is 13.7. The average Bonchev–Trinajstić information content (AvgIpc) is 2.28. The minimum absolute atomic E-state index is 0. The van der Waals surface area contributed by atoms with Crippen molar-refractivity contribution in [2.75, 3.05) is 0 Å². The van der Waals surface area contributed by atoms with E-state index in [0.29, 0.717) is 0 Å².